The molecule has 3 aromatic rings. The number of halogens is 1. The van der Waals surface area contributed by atoms with Crippen molar-refractivity contribution in [2.75, 3.05) is 22.5 Å². The number of aromatic nitrogens is 2. The van der Waals surface area contributed by atoms with Crippen LogP contribution in [0, 0.1) is 6.92 Å². The van der Waals surface area contributed by atoms with Crippen LogP contribution in [0.2, 0.25) is 5.02 Å². The van der Waals surface area contributed by atoms with E-state index in [9.17, 15) is 0 Å². The molecule has 4 rings (SSSR count). The van der Waals surface area contributed by atoms with Gasteiger partial charge in [0.15, 0.2) is 11.6 Å². The number of aryl methyl sites for hydroxylation is 2. The third kappa shape index (κ3) is 3.06. The Balaban J connectivity index is 1.71. The van der Waals surface area contributed by atoms with E-state index in [0.717, 1.165) is 42.1 Å². The Morgan fingerprint density at radius 3 is 2.85 bits per heavy atom. The average molecular weight is 366 g/mol. The standard InChI is InChI=1S/C20H20ClN5/c1-13-11-15(21)8-9-16(13)25-19-18(22)20(24-12-23-19)26-10-4-6-14-5-2-3-7-17(14)26/h2-3,5,7-9,11-12H,4,6,10,22H2,1H3,(H,23,24,25). The number of nitrogens with one attached hydrogen (secondary N) is 1. The average Bonchev–Trinajstić information content (AvgIpc) is 2.65. The molecule has 0 unspecified atom stereocenters. The largest absolute Gasteiger partial charge is 0.393 e. The lowest BCUT2D eigenvalue weighted by Gasteiger charge is -2.31. The van der Waals surface area contributed by atoms with Crippen molar-refractivity contribution in [3.63, 3.8) is 0 Å². The summed E-state index contributed by atoms with van der Waals surface area (Å²) in [6, 6.07) is 14.1. The summed E-state index contributed by atoms with van der Waals surface area (Å²) in [6.45, 7) is 2.88. The second-order valence-corrected chi connectivity index (χ2v) is 6.86. The molecule has 0 amide bonds. The lowest BCUT2D eigenvalue weighted by molar-refractivity contribution is 0.759. The maximum absolute atomic E-state index is 6.44. The van der Waals surface area contributed by atoms with Gasteiger partial charge in [-0.25, -0.2) is 9.97 Å². The molecule has 1 aliphatic rings. The van der Waals surface area contributed by atoms with Crippen LogP contribution in [0.3, 0.4) is 0 Å². The Morgan fingerprint density at radius 1 is 1.15 bits per heavy atom. The minimum Gasteiger partial charge on any atom is -0.393 e. The van der Waals surface area contributed by atoms with Crippen LogP contribution in [0.1, 0.15) is 17.5 Å². The van der Waals surface area contributed by atoms with Gasteiger partial charge in [-0.15, -0.1) is 0 Å². The molecule has 0 radical (unpaired) electrons. The van der Waals surface area contributed by atoms with Crippen molar-refractivity contribution in [3.05, 3.63) is 64.9 Å². The summed E-state index contributed by atoms with van der Waals surface area (Å²) in [6.07, 6.45) is 3.70. The number of hydrogen-bond acceptors (Lipinski definition) is 5. The van der Waals surface area contributed by atoms with Crippen molar-refractivity contribution in [1.82, 2.24) is 9.97 Å². The van der Waals surface area contributed by atoms with Crippen LogP contribution in [-0.4, -0.2) is 16.5 Å². The molecule has 1 aliphatic heterocycles. The van der Waals surface area contributed by atoms with Crippen LogP contribution in [0.25, 0.3) is 0 Å². The molecule has 0 aliphatic carbocycles. The highest BCUT2D eigenvalue weighted by Crippen LogP contribution is 2.37. The van der Waals surface area contributed by atoms with E-state index in [-0.39, 0.29) is 0 Å². The van der Waals surface area contributed by atoms with Crippen molar-refractivity contribution in [1.29, 1.82) is 0 Å². The summed E-state index contributed by atoms with van der Waals surface area (Å²) in [5, 5.41) is 4.01. The quantitative estimate of drug-likeness (QED) is 0.694. The Bertz CT molecular complexity index is 957. The van der Waals surface area contributed by atoms with E-state index in [2.05, 4.69) is 38.4 Å². The maximum Gasteiger partial charge on any atom is 0.161 e. The van der Waals surface area contributed by atoms with Gasteiger partial charge < -0.3 is 16.0 Å². The number of nitrogens with two attached hydrogens (primary N) is 1. The van der Waals surface area contributed by atoms with Gasteiger partial charge in [-0.1, -0.05) is 29.8 Å². The first kappa shape index (κ1) is 16.7. The first-order valence-corrected chi connectivity index (χ1v) is 9.00. The van der Waals surface area contributed by atoms with Gasteiger partial charge in [-0.3, -0.25) is 0 Å². The van der Waals surface area contributed by atoms with Crippen LogP contribution < -0.4 is 16.0 Å². The van der Waals surface area contributed by atoms with E-state index in [1.165, 1.54) is 5.56 Å². The molecule has 1 aromatic heterocycles. The molecular formula is C20H20ClN5. The number of rotatable bonds is 3. The molecule has 3 N–H and O–H groups in total. The predicted molar refractivity (Wildman–Crippen MR) is 108 cm³/mol. The van der Waals surface area contributed by atoms with Crippen molar-refractivity contribution in [2.45, 2.75) is 19.8 Å². The molecule has 0 saturated carbocycles. The second-order valence-electron chi connectivity index (χ2n) is 6.43. The third-order valence-corrected chi connectivity index (χ3v) is 4.91. The Labute approximate surface area is 157 Å². The molecule has 5 nitrogen and oxygen atoms in total. The summed E-state index contributed by atoms with van der Waals surface area (Å²) in [5.41, 5.74) is 11.4. The van der Waals surface area contributed by atoms with Gasteiger partial charge >= 0.3 is 0 Å². The highest BCUT2D eigenvalue weighted by molar-refractivity contribution is 6.30. The SMILES string of the molecule is Cc1cc(Cl)ccc1Nc1ncnc(N2CCCc3ccccc32)c1N. The molecular weight excluding hydrogens is 346 g/mol. The summed E-state index contributed by atoms with van der Waals surface area (Å²) < 4.78 is 0. The van der Waals surface area contributed by atoms with E-state index >= 15 is 0 Å². The minimum absolute atomic E-state index is 0.540. The fraction of sp³-hybridized carbons (Fsp3) is 0.200. The topological polar surface area (TPSA) is 67.1 Å². The van der Waals surface area contributed by atoms with Gasteiger partial charge in [0.05, 0.1) is 0 Å². The first-order valence-electron chi connectivity index (χ1n) is 8.62. The van der Waals surface area contributed by atoms with E-state index < -0.39 is 0 Å². The Kier molecular flexibility index (Phi) is 4.39. The number of anilines is 5. The van der Waals surface area contributed by atoms with Gasteiger partial charge in [-0.2, -0.15) is 0 Å². The van der Waals surface area contributed by atoms with Crippen molar-refractivity contribution in [3.8, 4) is 0 Å². The van der Waals surface area contributed by atoms with Crippen LogP contribution in [0.15, 0.2) is 48.8 Å². The lowest BCUT2D eigenvalue weighted by Crippen LogP contribution is -2.26. The van der Waals surface area contributed by atoms with Crippen molar-refractivity contribution in [2.24, 2.45) is 0 Å². The van der Waals surface area contributed by atoms with Gasteiger partial charge in [-0.05, 0) is 55.2 Å². The number of hydrogen-bond donors (Lipinski definition) is 2. The molecule has 0 spiro atoms. The zero-order valence-corrected chi connectivity index (χ0v) is 15.3. The Morgan fingerprint density at radius 2 is 2.00 bits per heavy atom. The van der Waals surface area contributed by atoms with E-state index in [1.807, 2.05) is 31.2 Å². The molecule has 0 fully saturated rings. The van der Waals surface area contributed by atoms with Crippen LogP contribution >= 0.6 is 11.6 Å². The molecule has 0 atom stereocenters. The van der Waals surface area contributed by atoms with Crippen LogP contribution in [0.5, 0.6) is 0 Å². The fourth-order valence-electron chi connectivity index (χ4n) is 3.35. The minimum atomic E-state index is 0.540. The second kappa shape index (κ2) is 6.84. The number of nitrogens with zero attached hydrogens (tertiary/aromatic N) is 3. The molecule has 26 heavy (non-hydrogen) atoms. The third-order valence-electron chi connectivity index (χ3n) is 4.67. The summed E-state index contributed by atoms with van der Waals surface area (Å²) >= 11 is 6.04. The number of para-hydroxylation sites is 1. The zero-order valence-electron chi connectivity index (χ0n) is 14.5. The maximum atomic E-state index is 6.44. The van der Waals surface area contributed by atoms with Crippen molar-refractivity contribution >= 4 is 40.3 Å². The number of benzene rings is 2. The highest BCUT2D eigenvalue weighted by Gasteiger charge is 2.22. The van der Waals surface area contributed by atoms with Crippen molar-refractivity contribution < 1.29 is 0 Å². The predicted octanol–water partition coefficient (Wildman–Crippen LogP) is 4.85. The van der Waals surface area contributed by atoms with Gasteiger partial charge in [0.1, 0.15) is 12.0 Å². The smallest absolute Gasteiger partial charge is 0.161 e. The van der Waals surface area contributed by atoms with E-state index in [4.69, 9.17) is 17.3 Å². The monoisotopic (exact) mass is 365 g/mol. The Hall–Kier alpha value is -2.79. The van der Waals surface area contributed by atoms with Crippen LogP contribution in [0.4, 0.5) is 28.7 Å². The summed E-state index contributed by atoms with van der Waals surface area (Å²) in [5.74, 6) is 1.34. The summed E-state index contributed by atoms with van der Waals surface area (Å²) in [4.78, 5) is 11.0. The molecule has 2 heterocycles. The molecule has 6 heteroatoms. The molecule has 132 valence electrons. The highest BCUT2D eigenvalue weighted by atomic mass is 35.5. The molecule has 2 aromatic carbocycles. The van der Waals surface area contributed by atoms with E-state index in [1.54, 1.807) is 6.33 Å². The number of fused-ring (bicyclic) bond motifs is 1. The number of nitrogen functional groups attached to an aromatic ring is 1. The van der Waals surface area contributed by atoms with Crippen LogP contribution in [-0.2, 0) is 6.42 Å². The normalized spacial score (nSPS) is 13.4. The molecule has 0 saturated heterocycles. The zero-order chi connectivity index (χ0) is 18.1. The van der Waals surface area contributed by atoms with Gasteiger partial charge in [0.2, 0.25) is 0 Å². The first-order chi connectivity index (χ1) is 12.6. The van der Waals surface area contributed by atoms with Gasteiger partial charge in [0, 0.05) is 22.9 Å². The molecule has 0 bridgehead atoms. The summed E-state index contributed by atoms with van der Waals surface area (Å²) in [7, 11) is 0. The van der Waals surface area contributed by atoms with E-state index in [0.29, 0.717) is 16.5 Å². The lowest BCUT2D eigenvalue weighted by atomic mass is 10.0. The fourth-order valence-corrected chi connectivity index (χ4v) is 3.58. The van der Waals surface area contributed by atoms with Gasteiger partial charge in [0.25, 0.3) is 0 Å².